The van der Waals surface area contributed by atoms with E-state index < -0.39 is 23.3 Å². The van der Waals surface area contributed by atoms with E-state index in [9.17, 15) is 17.6 Å². The van der Waals surface area contributed by atoms with Crippen LogP contribution in [0.4, 0.5) is 17.6 Å². The first-order chi connectivity index (χ1) is 19.4. The van der Waals surface area contributed by atoms with Crippen LogP contribution in [0, 0.1) is 23.3 Å². The van der Waals surface area contributed by atoms with Crippen LogP contribution in [0.1, 0.15) is 45.1 Å². The van der Waals surface area contributed by atoms with Gasteiger partial charge in [0, 0.05) is 16.7 Å². The van der Waals surface area contributed by atoms with Gasteiger partial charge in [0.25, 0.3) is 0 Å². The largest absolute Gasteiger partial charge is 0.494 e. The van der Waals surface area contributed by atoms with Crippen LogP contribution < -0.4 is 14.2 Å². The molecule has 0 heterocycles. The highest BCUT2D eigenvalue weighted by Gasteiger charge is 2.17. The molecule has 0 aliphatic carbocycles. The Hall–Kier alpha value is -4.00. The molecule has 0 aliphatic heterocycles. The van der Waals surface area contributed by atoms with Gasteiger partial charge in [-0.3, -0.25) is 0 Å². The van der Waals surface area contributed by atoms with E-state index in [2.05, 4.69) is 6.92 Å². The fraction of sp³-hybridized carbons (Fsp3) is 0.273. The van der Waals surface area contributed by atoms with Gasteiger partial charge in [-0.2, -0.15) is 4.39 Å². The number of halogens is 4. The highest BCUT2D eigenvalue weighted by atomic mass is 19.2. The summed E-state index contributed by atoms with van der Waals surface area (Å²) in [6, 6.07) is 19.0. The molecule has 0 radical (unpaired) electrons. The average Bonchev–Trinajstić information content (AvgIpc) is 2.97. The van der Waals surface area contributed by atoms with Gasteiger partial charge in [0.15, 0.2) is 23.2 Å². The third kappa shape index (κ3) is 6.95. The van der Waals surface area contributed by atoms with Gasteiger partial charge in [-0.1, -0.05) is 63.1 Å². The lowest BCUT2D eigenvalue weighted by atomic mass is 10.0. The third-order valence-corrected chi connectivity index (χ3v) is 6.46. The summed E-state index contributed by atoms with van der Waals surface area (Å²) < 4.78 is 75.5. The van der Waals surface area contributed by atoms with Crippen LogP contribution in [0.25, 0.3) is 22.3 Å². The van der Waals surface area contributed by atoms with Crippen molar-refractivity contribution in [3.63, 3.8) is 0 Å². The summed E-state index contributed by atoms with van der Waals surface area (Å²) in [7, 11) is 0. The molecule has 0 aliphatic rings. The van der Waals surface area contributed by atoms with E-state index in [0.29, 0.717) is 35.8 Å². The lowest BCUT2D eigenvalue weighted by molar-refractivity contribution is 0.289. The van der Waals surface area contributed by atoms with Gasteiger partial charge in [-0.25, -0.2) is 13.2 Å². The molecule has 210 valence electrons. The van der Waals surface area contributed by atoms with Crippen molar-refractivity contribution in [1.29, 1.82) is 0 Å². The summed E-state index contributed by atoms with van der Waals surface area (Å²) >= 11 is 0. The fourth-order valence-corrected chi connectivity index (χ4v) is 4.07. The van der Waals surface area contributed by atoms with Crippen molar-refractivity contribution in [3.05, 3.63) is 102 Å². The molecule has 7 heteroatoms. The molecule has 0 bridgehead atoms. The minimum atomic E-state index is -1.04. The second kappa shape index (κ2) is 13.9. The van der Waals surface area contributed by atoms with Crippen molar-refractivity contribution < 1.29 is 31.8 Å². The quantitative estimate of drug-likeness (QED) is 0.122. The minimum absolute atomic E-state index is 0.0524. The number of hydrogen-bond acceptors (Lipinski definition) is 3. The Morgan fingerprint density at radius 1 is 0.500 bits per heavy atom. The van der Waals surface area contributed by atoms with Crippen LogP contribution in [0.2, 0.25) is 0 Å². The van der Waals surface area contributed by atoms with Crippen molar-refractivity contribution in [2.24, 2.45) is 0 Å². The van der Waals surface area contributed by atoms with Gasteiger partial charge in [-0.05, 0) is 60.4 Å². The zero-order valence-electron chi connectivity index (χ0n) is 22.6. The van der Waals surface area contributed by atoms with Crippen molar-refractivity contribution in [2.45, 2.75) is 46.1 Å². The first-order valence-corrected chi connectivity index (χ1v) is 13.5. The fourth-order valence-electron chi connectivity index (χ4n) is 4.07. The first kappa shape index (κ1) is 29.0. The summed E-state index contributed by atoms with van der Waals surface area (Å²) in [6.45, 7) is 4.76. The van der Waals surface area contributed by atoms with Crippen LogP contribution >= 0.6 is 0 Å². The van der Waals surface area contributed by atoms with Crippen LogP contribution in [0.5, 0.6) is 17.2 Å². The SMILES string of the molecule is CCCCOc1ccc(-c2ccc(COc3ccc(-c4ccc(OCCCC)c(F)c4F)cc3)c(F)c2F)cc1. The van der Waals surface area contributed by atoms with Gasteiger partial charge >= 0.3 is 0 Å². The molecule has 4 rings (SSSR count). The first-order valence-electron chi connectivity index (χ1n) is 13.5. The Labute approximate surface area is 232 Å². The normalized spacial score (nSPS) is 10.9. The Morgan fingerprint density at radius 3 is 1.57 bits per heavy atom. The van der Waals surface area contributed by atoms with E-state index in [1.807, 2.05) is 6.92 Å². The van der Waals surface area contributed by atoms with Crippen LogP contribution in [-0.2, 0) is 6.61 Å². The second-order valence-corrected chi connectivity index (χ2v) is 9.38. The van der Waals surface area contributed by atoms with Gasteiger partial charge in [-0.15, -0.1) is 0 Å². The molecule has 0 aromatic heterocycles. The molecule has 4 aromatic carbocycles. The highest BCUT2D eigenvalue weighted by molar-refractivity contribution is 5.67. The number of hydrogen-bond donors (Lipinski definition) is 0. The molecule has 0 fully saturated rings. The average molecular weight is 553 g/mol. The Bertz CT molecular complexity index is 1400. The molecule has 0 saturated carbocycles. The van der Waals surface area contributed by atoms with Crippen LogP contribution in [0.3, 0.4) is 0 Å². The summed E-state index contributed by atoms with van der Waals surface area (Å²) in [4.78, 5) is 0. The maximum atomic E-state index is 14.9. The van der Waals surface area contributed by atoms with Crippen LogP contribution in [-0.4, -0.2) is 13.2 Å². The standard InChI is InChI=1S/C33H32F4O3/c1-3-5-19-38-25-12-7-22(8-13-25)27-16-11-24(30(34)31(27)35)21-40-26-14-9-23(10-15-26)28-17-18-29(33(37)32(28)36)39-20-6-4-2/h7-18H,3-6,19-21H2,1-2H3. The number of rotatable bonds is 13. The lowest BCUT2D eigenvalue weighted by Crippen LogP contribution is -2.02. The smallest absolute Gasteiger partial charge is 0.201 e. The summed E-state index contributed by atoms with van der Waals surface area (Å²) in [5.41, 5.74) is 1.24. The van der Waals surface area contributed by atoms with E-state index in [1.54, 1.807) is 48.5 Å². The molecule has 4 aromatic rings. The van der Waals surface area contributed by atoms with Crippen molar-refractivity contribution >= 4 is 0 Å². The van der Waals surface area contributed by atoms with Gasteiger partial charge < -0.3 is 14.2 Å². The number of unbranched alkanes of at least 4 members (excludes halogenated alkanes) is 2. The summed E-state index contributed by atoms with van der Waals surface area (Å²) in [6.07, 6.45) is 3.59. The topological polar surface area (TPSA) is 27.7 Å². The highest BCUT2D eigenvalue weighted by Crippen LogP contribution is 2.32. The Kier molecular flexibility index (Phi) is 10.1. The minimum Gasteiger partial charge on any atom is -0.494 e. The monoisotopic (exact) mass is 552 g/mol. The van der Waals surface area contributed by atoms with E-state index >= 15 is 0 Å². The third-order valence-electron chi connectivity index (χ3n) is 6.46. The molecular weight excluding hydrogens is 520 g/mol. The lowest BCUT2D eigenvalue weighted by Gasteiger charge is -2.12. The van der Waals surface area contributed by atoms with E-state index in [4.69, 9.17) is 14.2 Å². The Morgan fingerprint density at radius 2 is 1.00 bits per heavy atom. The van der Waals surface area contributed by atoms with Crippen molar-refractivity contribution in [1.82, 2.24) is 0 Å². The van der Waals surface area contributed by atoms with E-state index in [0.717, 1.165) is 25.7 Å². The predicted octanol–water partition coefficient (Wildman–Crippen LogP) is 9.51. The molecule has 3 nitrogen and oxygen atoms in total. The predicted molar refractivity (Wildman–Crippen MR) is 149 cm³/mol. The van der Waals surface area contributed by atoms with Crippen molar-refractivity contribution in [3.8, 4) is 39.5 Å². The summed E-state index contributed by atoms with van der Waals surface area (Å²) in [5, 5.41) is 0. The molecular formula is C33H32F4O3. The van der Waals surface area contributed by atoms with Gasteiger partial charge in [0.2, 0.25) is 5.82 Å². The molecule has 0 saturated heterocycles. The molecule has 0 amide bonds. The number of benzene rings is 4. The molecule has 0 spiro atoms. The molecule has 40 heavy (non-hydrogen) atoms. The summed E-state index contributed by atoms with van der Waals surface area (Å²) in [5.74, 6) is -3.07. The maximum Gasteiger partial charge on any atom is 0.201 e. The van der Waals surface area contributed by atoms with E-state index in [1.165, 1.54) is 24.3 Å². The molecule has 0 atom stereocenters. The molecule has 0 unspecified atom stereocenters. The van der Waals surface area contributed by atoms with Gasteiger partial charge in [0.05, 0.1) is 13.2 Å². The van der Waals surface area contributed by atoms with E-state index in [-0.39, 0.29) is 29.0 Å². The van der Waals surface area contributed by atoms with Crippen molar-refractivity contribution in [2.75, 3.05) is 13.2 Å². The zero-order chi connectivity index (χ0) is 28.5. The zero-order valence-corrected chi connectivity index (χ0v) is 22.6. The number of ether oxygens (including phenoxy) is 3. The van der Waals surface area contributed by atoms with Crippen LogP contribution in [0.15, 0.2) is 72.8 Å². The van der Waals surface area contributed by atoms with Gasteiger partial charge in [0.1, 0.15) is 18.1 Å². The second-order valence-electron chi connectivity index (χ2n) is 9.38. The maximum absolute atomic E-state index is 14.9. The Balaban J connectivity index is 1.40. The molecule has 0 N–H and O–H groups in total.